The Morgan fingerprint density at radius 3 is 2.32 bits per heavy atom. The lowest BCUT2D eigenvalue weighted by Crippen LogP contribution is -2.42. The average Bonchev–Trinajstić information content (AvgIpc) is 2.37. The molecule has 0 aliphatic rings. The lowest BCUT2D eigenvalue weighted by molar-refractivity contribution is -0.130. The topological polar surface area (TPSA) is 40.6 Å². The van der Waals surface area contributed by atoms with Crippen LogP contribution in [0.5, 0.6) is 0 Å². The van der Waals surface area contributed by atoms with Gasteiger partial charge < -0.3 is 9.80 Å². The van der Waals surface area contributed by atoms with Gasteiger partial charge in [0.25, 0.3) is 0 Å². The first-order valence-corrected chi connectivity index (χ1v) is 6.31. The van der Waals surface area contributed by atoms with Gasteiger partial charge in [0.15, 0.2) is 0 Å². The van der Waals surface area contributed by atoms with Crippen molar-refractivity contribution in [2.75, 3.05) is 24.5 Å². The lowest BCUT2D eigenvalue weighted by atomic mass is 10.2. The number of halogens is 1. The monoisotopic (exact) mass is 266 g/mol. The highest BCUT2D eigenvalue weighted by molar-refractivity contribution is 5.97. The molecule has 104 valence electrons. The van der Waals surface area contributed by atoms with Crippen LogP contribution in [0.3, 0.4) is 0 Å². The van der Waals surface area contributed by atoms with Gasteiger partial charge in [-0.3, -0.25) is 9.59 Å². The fourth-order valence-corrected chi connectivity index (χ4v) is 1.84. The maximum absolute atomic E-state index is 13.2. The van der Waals surface area contributed by atoms with E-state index in [1.165, 1.54) is 30.0 Å². The summed E-state index contributed by atoms with van der Waals surface area (Å²) in [6.45, 7) is 6.22. The highest BCUT2D eigenvalue weighted by atomic mass is 19.1. The zero-order valence-electron chi connectivity index (χ0n) is 11.5. The smallest absolute Gasteiger partial charge is 0.242 e. The van der Waals surface area contributed by atoms with Crippen molar-refractivity contribution < 1.29 is 14.0 Å². The summed E-state index contributed by atoms with van der Waals surface area (Å²) < 4.78 is 13.2. The third-order valence-corrected chi connectivity index (χ3v) is 2.91. The molecule has 0 saturated heterocycles. The highest BCUT2D eigenvalue weighted by Gasteiger charge is 2.19. The van der Waals surface area contributed by atoms with E-state index < -0.39 is 5.82 Å². The molecular weight excluding hydrogens is 247 g/mol. The number of carbonyl (C=O) groups is 2. The van der Waals surface area contributed by atoms with Crippen LogP contribution in [-0.4, -0.2) is 36.3 Å². The first kappa shape index (κ1) is 15.1. The van der Waals surface area contributed by atoms with E-state index in [4.69, 9.17) is 0 Å². The third kappa shape index (κ3) is 4.05. The Morgan fingerprint density at radius 1 is 1.21 bits per heavy atom. The van der Waals surface area contributed by atoms with Gasteiger partial charge in [-0.15, -0.1) is 0 Å². The number of likely N-dealkylation sites (N-methyl/N-ethyl adjacent to an activating group) is 1. The number of hydrogen-bond donors (Lipinski definition) is 0. The maximum Gasteiger partial charge on any atom is 0.242 e. The molecule has 0 spiro atoms. The number of amides is 2. The van der Waals surface area contributed by atoms with Crippen molar-refractivity contribution >= 4 is 17.5 Å². The van der Waals surface area contributed by atoms with Crippen molar-refractivity contribution in [2.45, 2.75) is 20.8 Å². The van der Waals surface area contributed by atoms with Crippen LogP contribution in [0.15, 0.2) is 24.3 Å². The van der Waals surface area contributed by atoms with Gasteiger partial charge in [0.1, 0.15) is 12.4 Å². The summed E-state index contributed by atoms with van der Waals surface area (Å²) in [6.07, 6.45) is 0. The van der Waals surface area contributed by atoms with Crippen LogP contribution >= 0.6 is 0 Å². The fourth-order valence-electron chi connectivity index (χ4n) is 1.84. The molecule has 0 saturated carbocycles. The van der Waals surface area contributed by atoms with E-state index in [1.54, 1.807) is 11.0 Å². The zero-order valence-corrected chi connectivity index (χ0v) is 11.5. The normalized spacial score (nSPS) is 10.1. The largest absolute Gasteiger partial charge is 0.342 e. The molecule has 0 atom stereocenters. The van der Waals surface area contributed by atoms with Gasteiger partial charge in [0.05, 0.1) is 0 Å². The van der Waals surface area contributed by atoms with E-state index in [9.17, 15) is 14.0 Å². The molecule has 0 aromatic heterocycles. The molecule has 0 heterocycles. The predicted molar refractivity (Wildman–Crippen MR) is 72.4 cm³/mol. The molecule has 4 nitrogen and oxygen atoms in total. The number of benzene rings is 1. The van der Waals surface area contributed by atoms with Crippen LogP contribution < -0.4 is 4.90 Å². The van der Waals surface area contributed by atoms with Crippen molar-refractivity contribution in [1.29, 1.82) is 0 Å². The van der Waals surface area contributed by atoms with E-state index in [0.717, 1.165) is 0 Å². The van der Waals surface area contributed by atoms with Gasteiger partial charge in [0.2, 0.25) is 11.8 Å². The Hall–Kier alpha value is -1.91. The molecule has 1 aromatic rings. The zero-order chi connectivity index (χ0) is 14.4. The second-order valence-corrected chi connectivity index (χ2v) is 4.15. The summed E-state index contributed by atoms with van der Waals surface area (Å²) in [6, 6.07) is 5.67. The van der Waals surface area contributed by atoms with Crippen LogP contribution in [0.4, 0.5) is 10.1 Å². The Labute approximate surface area is 112 Å². The summed E-state index contributed by atoms with van der Waals surface area (Å²) >= 11 is 0. The first-order valence-electron chi connectivity index (χ1n) is 6.31. The van der Waals surface area contributed by atoms with Crippen LogP contribution in [0.2, 0.25) is 0 Å². The molecule has 2 amide bonds. The molecule has 0 aliphatic carbocycles. The van der Waals surface area contributed by atoms with Crippen LogP contribution in [0, 0.1) is 5.82 Å². The van der Waals surface area contributed by atoms with Crippen molar-refractivity contribution in [1.82, 2.24) is 4.90 Å². The summed E-state index contributed by atoms with van der Waals surface area (Å²) in [5.41, 5.74) is 0.396. The first-order chi connectivity index (χ1) is 8.99. The quantitative estimate of drug-likeness (QED) is 0.818. The Balaban J connectivity index is 2.91. The lowest BCUT2D eigenvalue weighted by Gasteiger charge is -2.25. The minimum atomic E-state index is -0.431. The molecule has 1 rings (SSSR count). The number of anilines is 1. The second kappa shape index (κ2) is 6.87. The Kier molecular flexibility index (Phi) is 5.48. The van der Waals surface area contributed by atoms with E-state index >= 15 is 0 Å². The molecule has 0 radical (unpaired) electrons. The maximum atomic E-state index is 13.2. The Bertz CT molecular complexity index is 459. The molecule has 0 unspecified atom stereocenters. The third-order valence-electron chi connectivity index (χ3n) is 2.91. The fraction of sp³-hybridized carbons (Fsp3) is 0.429. The summed E-state index contributed by atoms with van der Waals surface area (Å²) in [5, 5.41) is 0. The van der Waals surface area contributed by atoms with E-state index in [0.29, 0.717) is 18.8 Å². The minimum absolute atomic E-state index is 0.0690. The van der Waals surface area contributed by atoms with Gasteiger partial charge in [-0.2, -0.15) is 0 Å². The van der Waals surface area contributed by atoms with E-state index in [2.05, 4.69) is 0 Å². The summed E-state index contributed by atoms with van der Waals surface area (Å²) in [5.74, 6) is -0.866. The molecule has 0 bridgehead atoms. The van der Waals surface area contributed by atoms with Gasteiger partial charge in [-0.1, -0.05) is 6.07 Å². The Morgan fingerprint density at radius 2 is 1.84 bits per heavy atom. The van der Waals surface area contributed by atoms with Crippen LogP contribution in [-0.2, 0) is 9.59 Å². The van der Waals surface area contributed by atoms with Crippen molar-refractivity contribution in [3.05, 3.63) is 30.1 Å². The van der Waals surface area contributed by atoms with Gasteiger partial charge in [-0.05, 0) is 32.0 Å². The number of hydrogen-bond acceptors (Lipinski definition) is 2. The SMILES string of the molecule is CCN(CC)C(=O)CN(C(C)=O)c1cccc(F)c1. The minimum Gasteiger partial charge on any atom is -0.342 e. The molecule has 5 heteroatoms. The molecule has 1 aromatic carbocycles. The molecular formula is C14H19FN2O2. The molecule has 19 heavy (non-hydrogen) atoms. The molecule has 0 aliphatic heterocycles. The number of carbonyl (C=O) groups excluding carboxylic acids is 2. The van der Waals surface area contributed by atoms with Gasteiger partial charge in [0, 0.05) is 25.7 Å². The second-order valence-electron chi connectivity index (χ2n) is 4.15. The average molecular weight is 266 g/mol. The van der Waals surface area contributed by atoms with Gasteiger partial charge in [-0.25, -0.2) is 4.39 Å². The standard InChI is InChI=1S/C14H19FN2O2/c1-4-16(5-2)14(19)10-17(11(3)18)13-8-6-7-12(15)9-13/h6-9H,4-5,10H2,1-3H3. The summed E-state index contributed by atoms with van der Waals surface area (Å²) in [7, 11) is 0. The van der Waals surface area contributed by atoms with E-state index in [-0.39, 0.29) is 18.4 Å². The van der Waals surface area contributed by atoms with Crippen LogP contribution in [0.1, 0.15) is 20.8 Å². The number of rotatable bonds is 5. The van der Waals surface area contributed by atoms with Gasteiger partial charge >= 0.3 is 0 Å². The molecule has 0 N–H and O–H groups in total. The summed E-state index contributed by atoms with van der Waals surface area (Å²) in [4.78, 5) is 26.6. The van der Waals surface area contributed by atoms with Crippen molar-refractivity contribution in [3.63, 3.8) is 0 Å². The predicted octanol–water partition coefficient (Wildman–Crippen LogP) is 2.05. The van der Waals surface area contributed by atoms with E-state index in [1.807, 2.05) is 13.8 Å². The van der Waals surface area contributed by atoms with Crippen molar-refractivity contribution in [2.24, 2.45) is 0 Å². The molecule has 0 fully saturated rings. The van der Waals surface area contributed by atoms with Crippen molar-refractivity contribution in [3.8, 4) is 0 Å². The van der Waals surface area contributed by atoms with Crippen LogP contribution in [0.25, 0.3) is 0 Å². The number of nitrogens with zero attached hydrogens (tertiary/aromatic N) is 2. The highest BCUT2D eigenvalue weighted by Crippen LogP contribution is 2.16.